The molecular weight excluding hydrogens is 1950 g/mol. The molecule has 0 radical (unpaired) electrons. The molecule has 53 heteroatoms. The van der Waals surface area contributed by atoms with E-state index < -0.39 is 327 Å². The van der Waals surface area contributed by atoms with Crippen molar-refractivity contribution >= 4 is 142 Å². The van der Waals surface area contributed by atoms with Gasteiger partial charge in [-0.25, -0.2) is 0 Å². The topological polar surface area (TPSA) is 810 Å². The molecule has 149 heavy (non-hydrogen) atoms. The summed E-state index contributed by atoms with van der Waals surface area (Å²) >= 11 is 0. The molecule has 1 aromatic carbocycles. The number of nitrogens with zero attached hydrogens (tertiary/aromatic N) is 2. The van der Waals surface area contributed by atoms with Crippen molar-refractivity contribution in [1.29, 1.82) is 0 Å². The van der Waals surface area contributed by atoms with Crippen LogP contribution in [0.25, 0.3) is 0 Å². The highest BCUT2D eigenvalue weighted by Gasteiger charge is 2.45. The van der Waals surface area contributed by atoms with Gasteiger partial charge >= 0.3 is 5.97 Å². The summed E-state index contributed by atoms with van der Waals surface area (Å²) in [5, 5.41) is 97.9. The Morgan fingerprint density at radius 1 is 0.309 bits per heavy atom. The first-order valence-corrected chi connectivity index (χ1v) is 50.0. The van der Waals surface area contributed by atoms with Crippen LogP contribution >= 0.6 is 0 Å². The predicted molar refractivity (Wildman–Crippen MR) is 535 cm³/mol. The fourth-order valence-corrected chi connectivity index (χ4v) is 15.7. The molecule has 2 fully saturated rings. The second-order valence-electron chi connectivity index (χ2n) is 40.1. The van der Waals surface area contributed by atoms with E-state index in [1.807, 2.05) is 0 Å². The number of carbonyl (C=O) groups is 24. The number of carbonyl (C=O) groups excluding carboxylic acids is 23. The number of rotatable bonds is 63. The summed E-state index contributed by atoms with van der Waals surface area (Å²) in [5.74, 6) is -25.2. The largest absolute Gasteiger partial charge is 0.480 e. The van der Waals surface area contributed by atoms with Crippen molar-refractivity contribution < 1.29 is 141 Å². The first kappa shape index (κ1) is 129. The van der Waals surface area contributed by atoms with E-state index in [0.717, 1.165) is 0 Å². The van der Waals surface area contributed by atoms with E-state index in [2.05, 4.69) is 106 Å². The van der Waals surface area contributed by atoms with Crippen LogP contribution in [0.4, 0.5) is 0 Å². The lowest BCUT2D eigenvalue weighted by Crippen LogP contribution is -2.62. The molecule has 53 nitrogen and oxygen atoms in total. The predicted octanol–water partition coefficient (Wildman–Crippen LogP) is -9.30. The standard InChI is InChI=1S/C96H158N24O29/c1-45(2)31-59(110-88(140)66(42-122)108-74(128)39-99-77(129)52(15)103-78(130)53(16)102-72(126)38-101-82(134)63(37-71(98)125)107-73(127)40-100-81(133)58(97)41-121)84(136)114-64(35-49(9)10)94(146)119-29-23-27-69(119)90(142)105-55(18)80(132)113-65(36-57-25-21-20-22-26-57)95(147)120-30-24-28-70(120)91(143)118-76(51(13)14)92(144)112-61(33-47(5)6)83(135)109-62(34-48(7)8)86(138)117-75(50(11)12)93(145)116-68(44-124)89(141)111-60(32-46(3)4)85(137)115-67(43-123)87(139)104-54(17)79(131)106-56(19)96(148)149/h20-22,25-26,45-56,58-70,75-76,121-124H,23-24,27-44,97H2,1-19H3,(H2,98,125)(H,99,129)(H,100,133)(H,101,134)(H,102,126)(H,103,130)(H,104,139)(H,105,142)(H,106,131)(H,107,127)(H,108,128)(H,109,135)(H,110,140)(H,111,141)(H,112,144)(H,113,132)(H,114,136)(H,115,137)(H,116,145)(H,117,138)(H,118,143)(H,148,149)/t52-,53-,54-,55-,56-,58-,59-,60-,61-,62-,63-,64-,65-,66-,67-,68-,69-,70-,75-,76-/m0/s1. The zero-order valence-corrected chi connectivity index (χ0v) is 88.2. The number of nitrogens with one attached hydrogen (secondary N) is 20. The fraction of sp³-hybridized carbons (Fsp3) is 0.688. The van der Waals surface area contributed by atoms with Crippen LogP contribution in [0.15, 0.2) is 30.3 Å². The van der Waals surface area contributed by atoms with E-state index in [0.29, 0.717) is 18.4 Å². The van der Waals surface area contributed by atoms with Crippen LogP contribution in [-0.2, 0) is 121 Å². The molecule has 2 aliphatic rings. The van der Waals surface area contributed by atoms with Crippen LogP contribution in [-0.4, -0.2) is 357 Å². The summed E-state index contributed by atoms with van der Waals surface area (Å²) in [6.07, 6.45) is -0.173. The number of carboxylic acid groups (broad SMARTS) is 1. The molecule has 20 atom stereocenters. The number of likely N-dealkylation sites (tertiary alicyclic amines) is 2. The number of aliphatic carboxylic acids is 1. The van der Waals surface area contributed by atoms with Gasteiger partial charge in [-0.05, 0) is 139 Å². The van der Waals surface area contributed by atoms with Crippen molar-refractivity contribution in [2.45, 2.75) is 323 Å². The monoisotopic (exact) mass is 2110 g/mol. The SMILES string of the molecule is CC(C)C[C@H](NC(=O)[C@H](CO)NC(=O)[C@@H](NC(=O)[C@H](CC(C)C)NC(=O)[C@H](CC(C)C)NC(=O)[C@@H](NC(=O)[C@@H]1CCCN1C(=O)[C@H](Cc1ccccc1)NC(=O)[C@H](C)NC(=O)[C@@H]1CCCN1C(=O)[C@H](CC(C)C)NC(=O)[C@H](CC(C)C)NC(=O)[C@H](CO)NC(=O)CNC(=O)[C@H](C)NC(=O)[C@H](C)NC(=O)CNC(=O)[C@H](CC(N)=O)NC(=O)CNC(=O)[C@@H](N)CO)C(C)C)C(C)C)C(=O)N[C@@H](CO)C(=O)N[C@@H](C)C(=O)N[C@@H](C)C(=O)O. The number of aliphatic hydroxyl groups excluding tert-OH is 4. The lowest BCUT2D eigenvalue weighted by atomic mass is 9.97. The van der Waals surface area contributed by atoms with E-state index >= 15 is 4.79 Å². The molecule has 3 rings (SSSR count). The number of aliphatic hydroxyl groups is 4. The van der Waals surface area contributed by atoms with Gasteiger partial charge in [0.05, 0.1) is 52.5 Å². The Hall–Kier alpha value is -13.7. The molecule has 0 spiro atoms. The average molecular weight is 2110 g/mol. The van der Waals surface area contributed by atoms with Gasteiger partial charge in [0.1, 0.15) is 121 Å². The Morgan fingerprint density at radius 2 is 0.611 bits per heavy atom. The summed E-state index contributed by atoms with van der Waals surface area (Å²) < 4.78 is 0. The Morgan fingerprint density at radius 3 is 1.03 bits per heavy atom. The summed E-state index contributed by atoms with van der Waals surface area (Å²) in [4.78, 5) is 328. The number of hydrogen-bond donors (Lipinski definition) is 27. The lowest BCUT2D eigenvalue weighted by Gasteiger charge is -2.32. The Kier molecular flexibility index (Phi) is 55.5. The minimum absolute atomic E-state index is 0.00259. The normalized spacial score (nSPS) is 17.0. The lowest BCUT2D eigenvalue weighted by molar-refractivity contribution is -0.143. The first-order valence-electron chi connectivity index (χ1n) is 50.0. The minimum Gasteiger partial charge on any atom is -0.480 e. The van der Waals surface area contributed by atoms with Crippen molar-refractivity contribution in [2.24, 2.45) is 52.9 Å². The zero-order chi connectivity index (χ0) is 113. The third kappa shape index (κ3) is 44.7. The molecule has 2 heterocycles. The highest BCUT2D eigenvalue weighted by atomic mass is 16.4. The molecule has 2 aliphatic heterocycles. The number of hydrogen-bond acceptors (Lipinski definition) is 29. The molecule has 0 unspecified atom stereocenters. The zero-order valence-electron chi connectivity index (χ0n) is 88.2. The van der Waals surface area contributed by atoms with Crippen molar-refractivity contribution in [2.75, 3.05) is 59.2 Å². The van der Waals surface area contributed by atoms with E-state index in [9.17, 15) is 131 Å². The minimum atomic E-state index is -1.76. The molecule has 0 bridgehead atoms. The van der Waals surface area contributed by atoms with Crippen LogP contribution < -0.4 is 118 Å². The molecular formula is C96H158N24O29. The van der Waals surface area contributed by atoms with E-state index in [1.54, 1.807) is 127 Å². The van der Waals surface area contributed by atoms with Gasteiger partial charge in [0, 0.05) is 19.5 Å². The van der Waals surface area contributed by atoms with E-state index in [4.69, 9.17) is 16.6 Å². The smallest absolute Gasteiger partial charge is 0.325 e. The average Bonchev–Trinajstić information content (AvgIpc) is 1.70. The van der Waals surface area contributed by atoms with Crippen LogP contribution in [0.2, 0.25) is 0 Å². The molecule has 2 saturated heterocycles. The van der Waals surface area contributed by atoms with E-state index in [-0.39, 0.29) is 94.0 Å². The van der Waals surface area contributed by atoms with Gasteiger partial charge in [0.25, 0.3) is 0 Å². The van der Waals surface area contributed by atoms with Gasteiger partial charge < -0.3 is 153 Å². The van der Waals surface area contributed by atoms with Gasteiger partial charge in [-0.2, -0.15) is 0 Å². The maximum Gasteiger partial charge on any atom is 0.325 e. The number of benzene rings is 1. The summed E-state index contributed by atoms with van der Waals surface area (Å²) in [7, 11) is 0. The summed E-state index contributed by atoms with van der Waals surface area (Å²) in [5.41, 5.74) is 11.2. The molecule has 836 valence electrons. The molecule has 0 saturated carbocycles. The Labute approximate surface area is 865 Å². The Bertz CT molecular complexity index is 4790. The molecule has 29 N–H and O–H groups in total. The van der Waals surface area contributed by atoms with Crippen molar-refractivity contribution in [3.05, 3.63) is 35.9 Å². The van der Waals surface area contributed by atoms with Crippen LogP contribution in [0, 0.1) is 41.4 Å². The molecule has 23 amide bonds. The van der Waals surface area contributed by atoms with Crippen molar-refractivity contribution in [3.63, 3.8) is 0 Å². The van der Waals surface area contributed by atoms with Crippen molar-refractivity contribution in [1.82, 2.24) is 116 Å². The van der Waals surface area contributed by atoms with Gasteiger partial charge in [-0.15, -0.1) is 0 Å². The fourth-order valence-electron chi connectivity index (χ4n) is 15.7. The number of nitrogens with two attached hydrogens (primary N) is 2. The maximum absolute atomic E-state index is 15.1. The van der Waals surface area contributed by atoms with Gasteiger partial charge in [0.15, 0.2) is 0 Å². The second kappa shape index (κ2) is 63.9. The molecule has 0 aliphatic carbocycles. The molecule has 0 aromatic heterocycles. The Balaban J connectivity index is 1.75. The first-order chi connectivity index (χ1) is 69.7. The number of amides is 23. The van der Waals surface area contributed by atoms with Crippen LogP contribution in [0.5, 0.6) is 0 Å². The maximum atomic E-state index is 15.1. The second-order valence-corrected chi connectivity index (χ2v) is 40.1. The quantitative estimate of drug-likeness (QED) is 0.0288. The highest BCUT2D eigenvalue weighted by Crippen LogP contribution is 2.25. The third-order valence-corrected chi connectivity index (χ3v) is 23.8. The van der Waals surface area contributed by atoms with Gasteiger partial charge in [-0.3, -0.25) is 115 Å². The number of primary amides is 1. The van der Waals surface area contributed by atoms with Gasteiger partial charge in [-0.1, -0.05) is 127 Å². The van der Waals surface area contributed by atoms with Gasteiger partial charge in [0.2, 0.25) is 136 Å². The molecule has 1 aromatic rings. The summed E-state index contributed by atoms with van der Waals surface area (Å²) in [6, 6.07) is -19.8. The number of carboxylic acids is 1. The third-order valence-electron chi connectivity index (χ3n) is 23.8. The van der Waals surface area contributed by atoms with Crippen LogP contribution in [0.3, 0.4) is 0 Å². The van der Waals surface area contributed by atoms with Crippen LogP contribution in [0.1, 0.15) is 201 Å². The van der Waals surface area contributed by atoms with Crippen molar-refractivity contribution in [3.8, 4) is 0 Å². The summed E-state index contributed by atoms with van der Waals surface area (Å²) in [6.45, 7) is 23.9. The highest BCUT2D eigenvalue weighted by molar-refractivity contribution is 6.03. The van der Waals surface area contributed by atoms with E-state index in [1.165, 1.54) is 44.4 Å².